The van der Waals surface area contributed by atoms with E-state index < -0.39 is 0 Å². The van der Waals surface area contributed by atoms with Crippen molar-refractivity contribution in [3.8, 4) is 5.88 Å². The summed E-state index contributed by atoms with van der Waals surface area (Å²) < 4.78 is 0. The number of hydrogen-bond donors (Lipinski definition) is 2. The number of fused-ring (bicyclic) bond motifs is 3. The predicted molar refractivity (Wildman–Crippen MR) is 92.7 cm³/mol. The molecule has 4 rings (SSSR count). The number of azo groups is 1. The molecule has 122 valence electrons. The Morgan fingerprint density at radius 1 is 1.17 bits per heavy atom. The van der Waals surface area contributed by atoms with Crippen molar-refractivity contribution in [3.63, 3.8) is 0 Å². The molecule has 2 aromatic carbocycles. The van der Waals surface area contributed by atoms with Crippen LogP contribution in [0.4, 0.5) is 5.69 Å². The Labute approximate surface area is 138 Å². The van der Waals surface area contributed by atoms with E-state index in [1.165, 1.54) is 0 Å². The van der Waals surface area contributed by atoms with E-state index in [0.717, 1.165) is 47.6 Å². The lowest BCUT2D eigenvalue weighted by molar-refractivity contribution is -0.119. The van der Waals surface area contributed by atoms with Crippen molar-refractivity contribution in [2.24, 2.45) is 10.2 Å². The number of likely N-dealkylation sites (tertiary alicyclic amines) is 1. The highest BCUT2D eigenvalue weighted by molar-refractivity contribution is 6.13. The molecule has 0 bridgehead atoms. The van der Waals surface area contributed by atoms with E-state index in [1.54, 1.807) is 0 Å². The van der Waals surface area contributed by atoms with Crippen molar-refractivity contribution in [1.82, 2.24) is 9.88 Å². The zero-order valence-electron chi connectivity index (χ0n) is 13.2. The van der Waals surface area contributed by atoms with Gasteiger partial charge in [0.05, 0.1) is 12.1 Å². The van der Waals surface area contributed by atoms with Gasteiger partial charge in [0.15, 0.2) is 5.69 Å². The fraction of sp³-hybridized carbons (Fsp3) is 0.278. The minimum Gasteiger partial charge on any atom is -0.493 e. The zero-order valence-corrected chi connectivity index (χ0v) is 13.2. The Hall–Kier alpha value is -2.73. The van der Waals surface area contributed by atoms with Crippen LogP contribution >= 0.6 is 0 Å². The van der Waals surface area contributed by atoms with Crippen molar-refractivity contribution < 1.29 is 9.90 Å². The van der Waals surface area contributed by atoms with Crippen LogP contribution in [0, 0.1) is 0 Å². The molecule has 0 unspecified atom stereocenters. The minimum atomic E-state index is -0.286. The first-order valence-corrected chi connectivity index (χ1v) is 8.12. The molecule has 1 aliphatic heterocycles. The molecule has 0 radical (unpaired) electrons. The van der Waals surface area contributed by atoms with Crippen molar-refractivity contribution in [2.45, 2.75) is 12.8 Å². The molecule has 1 aromatic heterocycles. The predicted octanol–water partition coefficient (Wildman–Crippen LogP) is 3.73. The molecule has 2 heterocycles. The first-order chi connectivity index (χ1) is 11.7. The average Bonchev–Trinajstić information content (AvgIpc) is 3.20. The second-order valence-electron chi connectivity index (χ2n) is 6.11. The molecule has 1 fully saturated rings. The lowest BCUT2D eigenvalue weighted by Gasteiger charge is -2.10. The third-order valence-corrected chi connectivity index (χ3v) is 4.46. The molecule has 0 atom stereocenters. The normalized spacial score (nSPS) is 15.8. The Kier molecular flexibility index (Phi) is 3.74. The van der Waals surface area contributed by atoms with Crippen LogP contribution in [0.25, 0.3) is 21.7 Å². The van der Waals surface area contributed by atoms with Gasteiger partial charge in [-0.3, -0.25) is 9.69 Å². The SMILES string of the molecule is O=C(CN1CCCC1)N=Nc1c(O)[nH]c2ccc3ccccc3c12. The number of rotatable bonds is 3. The maximum absolute atomic E-state index is 12.0. The number of carbonyl (C=O) groups excluding carboxylic acids is 1. The molecule has 0 saturated carbocycles. The molecular weight excluding hydrogens is 304 g/mol. The Bertz CT molecular complexity index is 939. The molecule has 0 aliphatic carbocycles. The second kappa shape index (κ2) is 6.05. The third-order valence-electron chi connectivity index (χ3n) is 4.46. The molecule has 1 aliphatic rings. The summed E-state index contributed by atoms with van der Waals surface area (Å²) in [5.41, 5.74) is 1.09. The van der Waals surface area contributed by atoms with Crippen LogP contribution in [0.3, 0.4) is 0 Å². The first-order valence-electron chi connectivity index (χ1n) is 8.12. The highest BCUT2D eigenvalue weighted by atomic mass is 16.3. The number of hydrogen-bond acceptors (Lipinski definition) is 4. The molecule has 2 N–H and O–H groups in total. The fourth-order valence-corrected chi connectivity index (χ4v) is 3.30. The van der Waals surface area contributed by atoms with Gasteiger partial charge in [-0.25, -0.2) is 0 Å². The fourth-order valence-electron chi connectivity index (χ4n) is 3.30. The molecule has 1 saturated heterocycles. The van der Waals surface area contributed by atoms with E-state index in [9.17, 15) is 9.90 Å². The lowest BCUT2D eigenvalue weighted by Crippen LogP contribution is -2.25. The summed E-state index contributed by atoms with van der Waals surface area (Å²) in [6.45, 7) is 2.15. The number of aromatic hydroxyl groups is 1. The lowest BCUT2D eigenvalue weighted by atomic mass is 10.1. The van der Waals surface area contributed by atoms with Crippen LogP contribution in [-0.2, 0) is 4.79 Å². The van der Waals surface area contributed by atoms with Crippen LogP contribution in [-0.4, -0.2) is 40.5 Å². The summed E-state index contributed by atoms with van der Waals surface area (Å²) >= 11 is 0. The van der Waals surface area contributed by atoms with E-state index in [-0.39, 0.29) is 18.3 Å². The maximum atomic E-state index is 12.0. The molecule has 0 spiro atoms. The van der Waals surface area contributed by atoms with Crippen molar-refractivity contribution in [1.29, 1.82) is 0 Å². The van der Waals surface area contributed by atoms with Crippen LogP contribution in [0.2, 0.25) is 0 Å². The maximum Gasteiger partial charge on any atom is 0.278 e. The van der Waals surface area contributed by atoms with Gasteiger partial charge in [-0.15, -0.1) is 10.2 Å². The van der Waals surface area contributed by atoms with E-state index in [1.807, 2.05) is 36.4 Å². The van der Waals surface area contributed by atoms with Crippen molar-refractivity contribution >= 4 is 33.3 Å². The smallest absolute Gasteiger partial charge is 0.278 e. The summed E-state index contributed by atoms with van der Waals surface area (Å²) in [4.78, 5) is 17.0. The second-order valence-corrected chi connectivity index (χ2v) is 6.11. The van der Waals surface area contributed by atoms with E-state index >= 15 is 0 Å². The zero-order chi connectivity index (χ0) is 16.5. The number of nitrogens with one attached hydrogen (secondary N) is 1. The number of H-pyrrole nitrogens is 1. The minimum absolute atomic E-state index is 0.0703. The Balaban J connectivity index is 1.70. The molecular formula is C18H18N4O2. The third kappa shape index (κ3) is 2.65. The van der Waals surface area contributed by atoms with Crippen LogP contribution in [0.1, 0.15) is 12.8 Å². The standard InChI is InChI=1S/C18H18N4O2/c23-15(11-22-9-3-4-10-22)20-21-17-16-13-6-2-1-5-12(13)7-8-14(16)19-18(17)24/h1-2,5-8,19,24H,3-4,9-11H2. The van der Waals surface area contributed by atoms with E-state index in [0.29, 0.717) is 5.69 Å². The van der Waals surface area contributed by atoms with Gasteiger partial charge >= 0.3 is 0 Å². The first kappa shape index (κ1) is 14.8. The number of benzene rings is 2. The Morgan fingerprint density at radius 2 is 1.96 bits per heavy atom. The highest BCUT2D eigenvalue weighted by Gasteiger charge is 2.16. The molecule has 24 heavy (non-hydrogen) atoms. The van der Waals surface area contributed by atoms with Gasteiger partial charge in [0.1, 0.15) is 0 Å². The number of amides is 1. The average molecular weight is 322 g/mol. The van der Waals surface area contributed by atoms with Gasteiger partial charge in [0.2, 0.25) is 5.88 Å². The topological polar surface area (TPSA) is 81.1 Å². The molecule has 1 amide bonds. The number of carbonyl (C=O) groups is 1. The largest absolute Gasteiger partial charge is 0.493 e. The highest BCUT2D eigenvalue weighted by Crippen LogP contribution is 2.39. The summed E-state index contributed by atoms with van der Waals surface area (Å²) in [5, 5.41) is 20.8. The monoisotopic (exact) mass is 322 g/mol. The van der Waals surface area contributed by atoms with Gasteiger partial charge in [-0.1, -0.05) is 30.3 Å². The summed E-state index contributed by atoms with van der Waals surface area (Å²) in [6.07, 6.45) is 2.25. The number of aromatic amines is 1. The Morgan fingerprint density at radius 3 is 2.79 bits per heavy atom. The summed E-state index contributed by atoms with van der Waals surface area (Å²) in [5.74, 6) is -0.357. The van der Waals surface area contributed by atoms with Crippen molar-refractivity contribution in [2.75, 3.05) is 19.6 Å². The number of aromatic nitrogens is 1. The van der Waals surface area contributed by atoms with Crippen molar-refractivity contribution in [3.05, 3.63) is 36.4 Å². The van der Waals surface area contributed by atoms with Gasteiger partial charge in [-0.2, -0.15) is 0 Å². The van der Waals surface area contributed by atoms with Crippen LogP contribution in [0.15, 0.2) is 46.6 Å². The van der Waals surface area contributed by atoms with Gasteiger partial charge in [0.25, 0.3) is 5.91 Å². The van der Waals surface area contributed by atoms with Crippen LogP contribution in [0.5, 0.6) is 5.88 Å². The molecule has 6 heteroatoms. The molecule has 6 nitrogen and oxygen atoms in total. The quantitative estimate of drug-likeness (QED) is 0.721. The number of nitrogens with zero attached hydrogens (tertiary/aromatic N) is 3. The van der Waals surface area contributed by atoms with Gasteiger partial charge in [-0.05, 0) is 42.8 Å². The van der Waals surface area contributed by atoms with Crippen LogP contribution < -0.4 is 0 Å². The summed E-state index contributed by atoms with van der Waals surface area (Å²) in [7, 11) is 0. The van der Waals surface area contributed by atoms with Gasteiger partial charge < -0.3 is 10.1 Å². The summed E-state index contributed by atoms with van der Waals surface area (Å²) in [6, 6.07) is 11.7. The molecule has 3 aromatic rings. The van der Waals surface area contributed by atoms with E-state index in [4.69, 9.17) is 0 Å². The van der Waals surface area contributed by atoms with Gasteiger partial charge in [0, 0.05) is 5.39 Å². The van der Waals surface area contributed by atoms with E-state index in [2.05, 4.69) is 20.1 Å².